The molecule has 1 unspecified atom stereocenters. The van der Waals surface area contributed by atoms with Crippen LogP contribution in [0.25, 0.3) is 0 Å². The molecule has 17 heavy (non-hydrogen) atoms. The average molecular weight is 307 g/mol. The summed E-state index contributed by atoms with van der Waals surface area (Å²) in [6, 6.07) is 0. The number of carbonyl (C=O) groups excluding carboxylic acids is 2. The summed E-state index contributed by atoms with van der Waals surface area (Å²) in [5.74, 6) is -1.15. The summed E-state index contributed by atoms with van der Waals surface area (Å²) in [6.45, 7) is 3.80. The first-order valence-corrected chi connectivity index (χ1v) is 6.48. The van der Waals surface area contributed by atoms with Crippen LogP contribution in [0, 0.1) is 0 Å². The second-order valence-electron chi connectivity index (χ2n) is 3.62. The Labute approximate surface area is 108 Å². The van der Waals surface area contributed by atoms with Crippen molar-refractivity contribution in [3.8, 4) is 0 Å². The van der Waals surface area contributed by atoms with Crippen LogP contribution in [0.4, 0.5) is 0 Å². The molecule has 6 heteroatoms. The normalized spacial score (nSPS) is 23.0. The maximum Gasteiger partial charge on any atom is 0.374 e. The first kappa shape index (κ1) is 14.0. The van der Waals surface area contributed by atoms with E-state index in [1.165, 1.54) is 13.0 Å². The van der Waals surface area contributed by atoms with Crippen LogP contribution in [0.1, 0.15) is 20.3 Å². The number of carbonyl (C=O) groups is 2. The van der Waals surface area contributed by atoms with E-state index < -0.39 is 17.5 Å². The Morgan fingerprint density at radius 2 is 2.29 bits per heavy atom. The first-order chi connectivity index (χ1) is 8.03. The summed E-state index contributed by atoms with van der Waals surface area (Å²) in [5, 5.41) is 0.782. The van der Waals surface area contributed by atoms with Crippen LogP contribution in [0.2, 0.25) is 0 Å². The van der Waals surface area contributed by atoms with Crippen molar-refractivity contribution in [1.29, 1.82) is 0 Å². The summed E-state index contributed by atoms with van der Waals surface area (Å²) in [5.41, 5.74) is -1.36. The summed E-state index contributed by atoms with van der Waals surface area (Å²) in [7, 11) is 0. The van der Waals surface area contributed by atoms with Gasteiger partial charge in [0.25, 0.3) is 0 Å². The van der Waals surface area contributed by atoms with Gasteiger partial charge < -0.3 is 14.2 Å². The molecule has 5 nitrogen and oxygen atoms in total. The van der Waals surface area contributed by atoms with Crippen molar-refractivity contribution in [3.05, 3.63) is 11.8 Å². The maximum atomic E-state index is 11.6. The van der Waals surface area contributed by atoms with Crippen molar-refractivity contribution in [1.82, 2.24) is 0 Å². The minimum Gasteiger partial charge on any atom is -0.487 e. The van der Waals surface area contributed by atoms with E-state index in [-0.39, 0.29) is 12.4 Å². The van der Waals surface area contributed by atoms with E-state index in [0.29, 0.717) is 6.61 Å². The van der Waals surface area contributed by atoms with Crippen molar-refractivity contribution in [2.45, 2.75) is 25.9 Å². The monoisotopic (exact) mass is 306 g/mol. The fraction of sp³-hybridized carbons (Fsp3) is 0.636. The van der Waals surface area contributed by atoms with Crippen LogP contribution in [0.15, 0.2) is 11.8 Å². The Bertz CT molecular complexity index is 339. The Hall–Kier alpha value is -1.04. The minimum atomic E-state index is -1.36. The smallest absolute Gasteiger partial charge is 0.374 e. The minimum absolute atomic E-state index is 0.0708. The number of alkyl halides is 1. The highest BCUT2D eigenvalue weighted by atomic mass is 79.9. The van der Waals surface area contributed by atoms with Crippen LogP contribution in [0.3, 0.4) is 0 Å². The molecule has 0 aliphatic carbocycles. The zero-order chi connectivity index (χ0) is 12.9. The van der Waals surface area contributed by atoms with Gasteiger partial charge in [-0.1, -0.05) is 15.9 Å². The predicted octanol–water partition coefficient (Wildman–Crippen LogP) is 1.55. The number of ether oxygens (including phenoxy) is 3. The Morgan fingerprint density at radius 3 is 2.88 bits per heavy atom. The van der Waals surface area contributed by atoms with Gasteiger partial charge in [-0.2, -0.15) is 0 Å². The van der Waals surface area contributed by atoms with Gasteiger partial charge in [-0.15, -0.1) is 0 Å². The molecule has 0 bridgehead atoms. The lowest BCUT2D eigenvalue weighted by atomic mass is 10.1. The molecule has 0 aromatic rings. The van der Waals surface area contributed by atoms with E-state index >= 15 is 0 Å². The van der Waals surface area contributed by atoms with Crippen molar-refractivity contribution in [3.63, 3.8) is 0 Å². The van der Waals surface area contributed by atoms with Crippen molar-refractivity contribution in [2.75, 3.05) is 18.5 Å². The van der Waals surface area contributed by atoms with E-state index in [0.717, 1.165) is 11.8 Å². The molecule has 0 N–H and O–H groups in total. The van der Waals surface area contributed by atoms with Crippen molar-refractivity contribution < 1.29 is 23.8 Å². The molecule has 0 spiro atoms. The van der Waals surface area contributed by atoms with E-state index in [2.05, 4.69) is 15.9 Å². The molecule has 1 atom stereocenters. The summed E-state index contributed by atoms with van der Waals surface area (Å²) >= 11 is 3.25. The third-order valence-electron chi connectivity index (χ3n) is 2.13. The topological polar surface area (TPSA) is 61.8 Å². The zero-order valence-electron chi connectivity index (χ0n) is 9.82. The van der Waals surface area contributed by atoms with Crippen molar-refractivity contribution in [2.24, 2.45) is 0 Å². The SMILES string of the molecule is CCOC(=O)C1(C)C=C(OCCCBr)C(=O)O1. The largest absolute Gasteiger partial charge is 0.487 e. The molecule has 0 saturated heterocycles. The number of hydrogen-bond acceptors (Lipinski definition) is 5. The third-order valence-corrected chi connectivity index (χ3v) is 2.69. The number of esters is 2. The Kier molecular flexibility index (Phi) is 4.99. The highest BCUT2D eigenvalue weighted by Gasteiger charge is 2.44. The molecule has 1 aliphatic heterocycles. The van der Waals surface area contributed by atoms with Gasteiger partial charge in [-0.05, 0) is 20.3 Å². The van der Waals surface area contributed by atoms with E-state index in [1.54, 1.807) is 6.92 Å². The number of hydrogen-bond donors (Lipinski definition) is 0. The van der Waals surface area contributed by atoms with Crippen LogP contribution in [-0.2, 0) is 23.8 Å². The van der Waals surface area contributed by atoms with Gasteiger partial charge in [0.1, 0.15) is 0 Å². The second-order valence-corrected chi connectivity index (χ2v) is 4.41. The molecular formula is C11H15BrO5. The molecule has 1 rings (SSSR count). The predicted molar refractivity (Wildman–Crippen MR) is 63.6 cm³/mol. The lowest BCUT2D eigenvalue weighted by Gasteiger charge is -2.17. The van der Waals surface area contributed by atoms with Gasteiger partial charge in [0.2, 0.25) is 11.4 Å². The number of halogens is 1. The average Bonchev–Trinajstić information content (AvgIpc) is 2.56. The zero-order valence-corrected chi connectivity index (χ0v) is 11.4. The van der Waals surface area contributed by atoms with Crippen LogP contribution in [0.5, 0.6) is 0 Å². The molecular weight excluding hydrogens is 292 g/mol. The van der Waals surface area contributed by atoms with E-state index in [4.69, 9.17) is 14.2 Å². The number of cyclic esters (lactones) is 1. The van der Waals surface area contributed by atoms with Crippen LogP contribution >= 0.6 is 15.9 Å². The van der Waals surface area contributed by atoms with Gasteiger partial charge in [-0.3, -0.25) is 0 Å². The third kappa shape index (κ3) is 3.46. The quantitative estimate of drug-likeness (QED) is 0.423. The van der Waals surface area contributed by atoms with Gasteiger partial charge in [0.15, 0.2) is 0 Å². The maximum absolute atomic E-state index is 11.6. The van der Waals surface area contributed by atoms with Crippen LogP contribution < -0.4 is 0 Å². The van der Waals surface area contributed by atoms with Gasteiger partial charge in [-0.25, -0.2) is 9.59 Å². The number of rotatable bonds is 6. The first-order valence-electron chi connectivity index (χ1n) is 5.35. The summed E-state index contributed by atoms with van der Waals surface area (Å²) in [4.78, 5) is 23.0. The van der Waals surface area contributed by atoms with Crippen molar-refractivity contribution >= 4 is 27.9 Å². The lowest BCUT2D eigenvalue weighted by Crippen LogP contribution is -2.36. The lowest BCUT2D eigenvalue weighted by molar-refractivity contribution is -0.170. The highest BCUT2D eigenvalue weighted by Crippen LogP contribution is 2.26. The Balaban J connectivity index is 2.66. The molecule has 0 amide bonds. The van der Waals surface area contributed by atoms with E-state index in [1.807, 2.05) is 0 Å². The summed E-state index contributed by atoms with van der Waals surface area (Å²) in [6.07, 6.45) is 2.13. The standard InChI is InChI=1S/C11H15BrO5/c1-3-15-10(14)11(2)7-8(9(13)17-11)16-6-4-5-12/h7H,3-6H2,1-2H3. The van der Waals surface area contributed by atoms with Crippen LogP contribution in [-0.4, -0.2) is 36.1 Å². The molecule has 0 fully saturated rings. The molecule has 0 aromatic heterocycles. The van der Waals surface area contributed by atoms with Gasteiger partial charge in [0, 0.05) is 11.4 Å². The molecule has 96 valence electrons. The fourth-order valence-corrected chi connectivity index (χ4v) is 1.52. The van der Waals surface area contributed by atoms with Gasteiger partial charge in [0.05, 0.1) is 13.2 Å². The molecule has 0 radical (unpaired) electrons. The highest BCUT2D eigenvalue weighted by molar-refractivity contribution is 9.09. The second kappa shape index (κ2) is 6.05. The molecule has 1 heterocycles. The fourth-order valence-electron chi connectivity index (χ4n) is 1.29. The molecule has 1 aliphatic rings. The molecule has 0 aromatic carbocycles. The Morgan fingerprint density at radius 1 is 1.59 bits per heavy atom. The molecule has 0 saturated carbocycles. The van der Waals surface area contributed by atoms with E-state index in [9.17, 15) is 9.59 Å². The summed E-state index contributed by atoms with van der Waals surface area (Å²) < 4.78 is 15.0. The van der Waals surface area contributed by atoms with Gasteiger partial charge >= 0.3 is 11.9 Å².